The van der Waals surface area contributed by atoms with E-state index in [1.807, 2.05) is 17.0 Å². The molecule has 3 aromatic rings. The van der Waals surface area contributed by atoms with Gasteiger partial charge in [-0.15, -0.1) is 0 Å². The predicted octanol–water partition coefficient (Wildman–Crippen LogP) is 4.14. The van der Waals surface area contributed by atoms with Crippen LogP contribution in [-0.4, -0.2) is 58.9 Å². The van der Waals surface area contributed by atoms with Crippen LogP contribution in [-0.2, 0) is 0 Å². The van der Waals surface area contributed by atoms with Gasteiger partial charge in [-0.25, -0.2) is 9.37 Å². The van der Waals surface area contributed by atoms with Crippen LogP contribution in [0.25, 0.3) is 0 Å². The summed E-state index contributed by atoms with van der Waals surface area (Å²) >= 11 is 5.82. The van der Waals surface area contributed by atoms with Crippen LogP contribution >= 0.6 is 11.6 Å². The summed E-state index contributed by atoms with van der Waals surface area (Å²) in [6, 6.07) is 13.3. The van der Waals surface area contributed by atoms with Gasteiger partial charge in [0.25, 0.3) is 5.91 Å². The van der Waals surface area contributed by atoms with Crippen LogP contribution in [0.4, 0.5) is 27.5 Å². The zero-order chi connectivity index (χ0) is 21.8. The summed E-state index contributed by atoms with van der Waals surface area (Å²) in [5.41, 5.74) is 2.03. The number of aromatic nitrogens is 2. The Bertz CT molecular complexity index is 1070. The molecule has 2 aromatic carbocycles. The number of amides is 1. The summed E-state index contributed by atoms with van der Waals surface area (Å²) in [7, 11) is 2.06. The average molecular weight is 441 g/mol. The van der Waals surface area contributed by atoms with Gasteiger partial charge in [-0.05, 0) is 55.6 Å². The highest BCUT2D eigenvalue weighted by Gasteiger charge is 2.20. The van der Waals surface area contributed by atoms with Gasteiger partial charge in [0, 0.05) is 49.3 Å². The Morgan fingerprint density at radius 3 is 2.42 bits per heavy atom. The highest BCUT2D eigenvalue weighted by molar-refractivity contribution is 6.31. The van der Waals surface area contributed by atoms with Crippen molar-refractivity contribution in [2.24, 2.45) is 0 Å². The fraction of sp³-hybridized carbons (Fsp3) is 0.227. The first-order valence-corrected chi connectivity index (χ1v) is 10.3. The standard InChI is InChI=1S/C22H22ClFN6O/c1-29-10-12-30(13-11-29)21(31)15-2-4-16(5-3-15)27-22-25-9-8-20(28-22)26-17-6-7-19(24)18(23)14-17/h2-9,14H,10-13H2,1H3,(H2,25,26,27,28). The van der Waals surface area contributed by atoms with Gasteiger partial charge in [0.05, 0.1) is 5.02 Å². The van der Waals surface area contributed by atoms with Gasteiger partial charge in [-0.3, -0.25) is 4.79 Å². The molecule has 2 heterocycles. The number of rotatable bonds is 5. The normalized spacial score (nSPS) is 14.4. The van der Waals surface area contributed by atoms with E-state index in [0.29, 0.717) is 23.0 Å². The Balaban J connectivity index is 1.40. The minimum Gasteiger partial charge on any atom is -0.340 e. The summed E-state index contributed by atoms with van der Waals surface area (Å²) in [5, 5.41) is 6.22. The molecule has 4 rings (SSSR count). The summed E-state index contributed by atoms with van der Waals surface area (Å²) in [4.78, 5) is 25.4. The predicted molar refractivity (Wildman–Crippen MR) is 120 cm³/mol. The molecule has 0 aliphatic carbocycles. The van der Waals surface area contributed by atoms with E-state index in [1.165, 1.54) is 12.1 Å². The fourth-order valence-electron chi connectivity index (χ4n) is 3.23. The Hall–Kier alpha value is -3.23. The minimum atomic E-state index is -0.480. The number of carbonyl (C=O) groups excluding carboxylic acids is 1. The monoisotopic (exact) mass is 440 g/mol. The van der Waals surface area contributed by atoms with Crippen molar-refractivity contribution in [1.82, 2.24) is 19.8 Å². The zero-order valence-corrected chi connectivity index (χ0v) is 17.7. The Morgan fingerprint density at radius 2 is 1.71 bits per heavy atom. The second-order valence-corrected chi connectivity index (χ2v) is 7.72. The van der Waals surface area contributed by atoms with E-state index < -0.39 is 5.82 Å². The van der Waals surface area contributed by atoms with E-state index in [1.54, 1.807) is 30.5 Å². The lowest BCUT2D eigenvalue weighted by molar-refractivity contribution is 0.0664. The third-order valence-electron chi connectivity index (χ3n) is 5.03. The van der Waals surface area contributed by atoms with Gasteiger partial charge in [-0.1, -0.05) is 11.6 Å². The van der Waals surface area contributed by atoms with Crippen molar-refractivity contribution in [2.45, 2.75) is 0 Å². The third kappa shape index (κ3) is 5.28. The second-order valence-electron chi connectivity index (χ2n) is 7.32. The number of hydrogen-bond donors (Lipinski definition) is 2. The maximum Gasteiger partial charge on any atom is 0.253 e. The number of halogens is 2. The molecule has 0 saturated carbocycles. The molecule has 7 nitrogen and oxygen atoms in total. The van der Waals surface area contributed by atoms with Crippen LogP contribution in [0.2, 0.25) is 5.02 Å². The van der Waals surface area contributed by atoms with Gasteiger partial charge < -0.3 is 20.4 Å². The number of nitrogens with one attached hydrogen (secondary N) is 2. The van der Waals surface area contributed by atoms with E-state index in [9.17, 15) is 9.18 Å². The van der Waals surface area contributed by atoms with Crippen molar-refractivity contribution in [3.05, 3.63) is 71.1 Å². The molecule has 1 aromatic heterocycles. The van der Waals surface area contributed by atoms with Crippen LogP contribution in [0.1, 0.15) is 10.4 Å². The lowest BCUT2D eigenvalue weighted by atomic mass is 10.1. The van der Waals surface area contributed by atoms with Gasteiger partial charge in [0.2, 0.25) is 5.95 Å². The van der Waals surface area contributed by atoms with Crippen LogP contribution in [0.3, 0.4) is 0 Å². The molecule has 0 unspecified atom stereocenters. The number of nitrogens with zero attached hydrogens (tertiary/aromatic N) is 4. The van der Waals surface area contributed by atoms with E-state index in [0.717, 1.165) is 31.9 Å². The molecule has 1 aliphatic rings. The third-order valence-corrected chi connectivity index (χ3v) is 5.32. The molecule has 0 spiro atoms. The Morgan fingerprint density at radius 1 is 1.00 bits per heavy atom. The van der Waals surface area contributed by atoms with Gasteiger partial charge in [0.15, 0.2) is 0 Å². The topological polar surface area (TPSA) is 73.4 Å². The Labute approximate surface area is 184 Å². The van der Waals surface area contributed by atoms with E-state index in [-0.39, 0.29) is 10.9 Å². The zero-order valence-electron chi connectivity index (χ0n) is 17.0. The van der Waals surface area contributed by atoms with E-state index in [2.05, 4.69) is 32.5 Å². The smallest absolute Gasteiger partial charge is 0.253 e. The van der Waals surface area contributed by atoms with Gasteiger partial charge in [0.1, 0.15) is 11.6 Å². The summed E-state index contributed by atoms with van der Waals surface area (Å²) in [6.45, 7) is 3.25. The molecule has 31 heavy (non-hydrogen) atoms. The maximum absolute atomic E-state index is 13.3. The molecule has 9 heteroatoms. The lowest BCUT2D eigenvalue weighted by Crippen LogP contribution is -2.47. The molecule has 160 valence electrons. The Kier molecular flexibility index (Phi) is 6.29. The fourth-order valence-corrected chi connectivity index (χ4v) is 3.41. The van der Waals surface area contributed by atoms with Crippen molar-refractivity contribution >= 4 is 40.6 Å². The highest BCUT2D eigenvalue weighted by atomic mass is 35.5. The highest BCUT2D eigenvalue weighted by Crippen LogP contribution is 2.23. The van der Waals surface area contributed by atoms with Crippen LogP contribution in [0.15, 0.2) is 54.7 Å². The molecular weight excluding hydrogens is 419 g/mol. The number of piperazine rings is 1. The van der Waals surface area contributed by atoms with Crippen molar-refractivity contribution in [2.75, 3.05) is 43.9 Å². The largest absolute Gasteiger partial charge is 0.340 e. The van der Waals surface area contributed by atoms with Crippen molar-refractivity contribution in [3.63, 3.8) is 0 Å². The van der Waals surface area contributed by atoms with Crippen molar-refractivity contribution in [1.29, 1.82) is 0 Å². The number of carbonyl (C=O) groups is 1. The number of anilines is 4. The average Bonchev–Trinajstić information content (AvgIpc) is 2.77. The molecule has 1 aliphatic heterocycles. The SMILES string of the molecule is CN1CCN(C(=O)c2ccc(Nc3nccc(Nc4ccc(F)c(Cl)c4)n3)cc2)CC1. The molecule has 0 bridgehead atoms. The molecule has 0 radical (unpaired) electrons. The first-order valence-electron chi connectivity index (χ1n) is 9.88. The maximum atomic E-state index is 13.3. The van der Waals surface area contributed by atoms with Crippen molar-refractivity contribution < 1.29 is 9.18 Å². The van der Waals surface area contributed by atoms with Crippen LogP contribution < -0.4 is 10.6 Å². The summed E-state index contributed by atoms with van der Waals surface area (Å²) < 4.78 is 13.3. The van der Waals surface area contributed by atoms with Crippen molar-refractivity contribution in [3.8, 4) is 0 Å². The molecule has 1 fully saturated rings. The molecule has 0 atom stereocenters. The van der Waals surface area contributed by atoms with E-state index in [4.69, 9.17) is 11.6 Å². The lowest BCUT2D eigenvalue weighted by Gasteiger charge is -2.32. The first-order chi connectivity index (χ1) is 15.0. The molecule has 1 saturated heterocycles. The number of benzene rings is 2. The molecule has 1 amide bonds. The van der Waals surface area contributed by atoms with E-state index >= 15 is 0 Å². The first kappa shape index (κ1) is 21.0. The minimum absolute atomic E-state index is 0.0311. The second kappa shape index (κ2) is 9.28. The quantitative estimate of drug-likeness (QED) is 0.621. The number of hydrogen-bond acceptors (Lipinski definition) is 6. The molecular formula is C22H22ClFN6O. The van der Waals surface area contributed by atoms with Crippen LogP contribution in [0.5, 0.6) is 0 Å². The summed E-state index contributed by atoms with van der Waals surface area (Å²) in [6.07, 6.45) is 1.61. The van der Waals surface area contributed by atoms with Crippen LogP contribution in [0, 0.1) is 5.82 Å². The summed E-state index contributed by atoms with van der Waals surface area (Å²) in [5.74, 6) is 0.477. The number of likely N-dealkylation sites (N-methyl/N-ethyl adjacent to an activating group) is 1. The molecule has 2 N–H and O–H groups in total. The van der Waals surface area contributed by atoms with Gasteiger partial charge in [-0.2, -0.15) is 4.98 Å². The van der Waals surface area contributed by atoms with Gasteiger partial charge >= 0.3 is 0 Å².